The molecule has 2 aromatic heterocycles. The fraction of sp³-hybridized carbons (Fsp3) is 0.684. The second-order valence-electron chi connectivity index (χ2n) is 7.51. The largest absolute Gasteiger partial charge is 0.389 e. The van der Waals surface area contributed by atoms with E-state index < -0.39 is 5.60 Å². The van der Waals surface area contributed by atoms with Crippen molar-refractivity contribution in [3.05, 3.63) is 18.1 Å². The number of anilines is 1. The van der Waals surface area contributed by atoms with Crippen LogP contribution in [-0.2, 0) is 6.42 Å². The van der Waals surface area contributed by atoms with Crippen LogP contribution in [0.25, 0.3) is 11.0 Å². The van der Waals surface area contributed by atoms with Crippen molar-refractivity contribution in [3.63, 3.8) is 0 Å². The van der Waals surface area contributed by atoms with Gasteiger partial charge in [0.2, 0.25) is 0 Å². The lowest BCUT2D eigenvalue weighted by Crippen LogP contribution is -2.49. The van der Waals surface area contributed by atoms with Crippen LogP contribution in [0.1, 0.15) is 57.4 Å². The van der Waals surface area contributed by atoms with Gasteiger partial charge in [0.25, 0.3) is 0 Å². The van der Waals surface area contributed by atoms with Crippen LogP contribution < -0.4 is 4.90 Å². The Balaban J connectivity index is 1.55. The van der Waals surface area contributed by atoms with Gasteiger partial charge in [-0.25, -0.2) is 9.97 Å². The van der Waals surface area contributed by atoms with Crippen molar-refractivity contribution < 1.29 is 5.11 Å². The maximum absolute atomic E-state index is 11.2. The van der Waals surface area contributed by atoms with Gasteiger partial charge in [-0.05, 0) is 43.6 Å². The van der Waals surface area contributed by atoms with E-state index in [-0.39, 0.29) is 0 Å². The fourth-order valence-corrected chi connectivity index (χ4v) is 4.68. The first kappa shape index (κ1) is 15.9. The highest BCUT2D eigenvalue weighted by Crippen LogP contribution is 2.40. The van der Waals surface area contributed by atoms with Crippen LogP contribution in [0.4, 0.5) is 5.82 Å². The molecule has 2 fully saturated rings. The number of hydrogen-bond donors (Lipinski definition) is 2. The number of piperidine rings is 1. The first-order chi connectivity index (χ1) is 11.7. The van der Waals surface area contributed by atoms with Gasteiger partial charge < -0.3 is 15.0 Å². The molecule has 0 unspecified atom stereocenters. The number of aliphatic hydroxyl groups is 1. The number of aryl methyl sites for hydroxylation is 1. The third kappa shape index (κ3) is 2.69. The van der Waals surface area contributed by atoms with Gasteiger partial charge in [-0.2, -0.15) is 0 Å². The first-order valence-electron chi connectivity index (χ1n) is 9.49. The number of aromatic amines is 1. The normalized spacial score (nSPS) is 22.2. The maximum atomic E-state index is 11.2. The molecule has 1 aliphatic carbocycles. The van der Waals surface area contributed by atoms with E-state index in [1.807, 2.05) is 6.20 Å². The average Bonchev–Trinajstić information content (AvgIpc) is 3.06. The molecule has 1 saturated heterocycles. The third-order valence-electron chi connectivity index (χ3n) is 6.21. The molecule has 0 amide bonds. The zero-order valence-electron chi connectivity index (χ0n) is 14.6. The summed E-state index contributed by atoms with van der Waals surface area (Å²) < 4.78 is 0. The summed E-state index contributed by atoms with van der Waals surface area (Å²) in [6.45, 7) is 3.93. The van der Waals surface area contributed by atoms with Crippen LogP contribution in [0.3, 0.4) is 0 Å². The molecule has 2 N–H and O–H groups in total. The lowest BCUT2D eigenvalue weighted by Gasteiger charge is -2.44. The Hall–Kier alpha value is -1.62. The summed E-state index contributed by atoms with van der Waals surface area (Å²) in [7, 11) is 0. The lowest BCUT2D eigenvalue weighted by atomic mass is 9.72. The van der Waals surface area contributed by atoms with Crippen molar-refractivity contribution in [2.75, 3.05) is 18.0 Å². The molecule has 130 valence electrons. The van der Waals surface area contributed by atoms with E-state index in [1.54, 1.807) is 6.33 Å². The zero-order chi connectivity index (χ0) is 16.6. The predicted molar refractivity (Wildman–Crippen MR) is 96.2 cm³/mol. The number of nitrogens with one attached hydrogen (secondary N) is 1. The Bertz CT molecular complexity index is 696. The van der Waals surface area contributed by atoms with Crippen molar-refractivity contribution in [2.24, 2.45) is 5.92 Å². The molecule has 0 aromatic carbocycles. The summed E-state index contributed by atoms with van der Waals surface area (Å²) in [5.74, 6) is 1.53. The van der Waals surface area contributed by atoms with Crippen LogP contribution >= 0.6 is 0 Å². The lowest BCUT2D eigenvalue weighted by molar-refractivity contribution is -0.0517. The summed E-state index contributed by atoms with van der Waals surface area (Å²) in [5, 5.41) is 12.3. The molecule has 0 spiro atoms. The Kier molecular flexibility index (Phi) is 4.21. The molecular weight excluding hydrogens is 300 g/mol. The SMILES string of the molecule is CCc1c[nH]c2ncnc(N3CCC(O)(C4CCCCC4)CC3)c12. The van der Waals surface area contributed by atoms with E-state index in [2.05, 4.69) is 26.8 Å². The van der Waals surface area contributed by atoms with Gasteiger partial charge in [-0.3, -0.25) is 0 Å². The Labute approximate surface area is 143 Å². The molecule has 1 aliphatic heterocycles. The Morgan fingerprint density at radius 3 is 2.67 bits per heavy atom. The quantitative estimate of drug-likeness (QED) is 0.906. The highest BCUT2D eigenvalue weighted by atomic mass is 16.3. The monoisotopic (exact) mass is 328 g/mol. The van der Waals surface area contributed by atoms with E-state index >= 15 is 0 Å². The summed E-state index contributed by atoms with van der Waals surface area (Å²) in [4.78, 5) is 14.6. The van der Waals surface area contributed by atoms with Crippen molar-refractivity contribution in [3.8, 4) is 0 Å². The van der Waals surface area contributed by atoms with Crippen molar-refractivity contribution in [1.29, 1.82) is 0 Å². The van der Waals surface area contributed by atoms with Crippen LogP contribution in [0.5, 0.6) is 0 Å². The number of nitrogens with zero attached hydrogens (tertiary/aromatic N) is 3. The second-order valence-corrected chi connectivity index (χ2v) is 7.51. The first-order valence-corrected chi connectivity index (χ1v) is 9.49. The van der Waals surface area contributed by atoms with Crippen molar-refractivity contribution >= 4 is 16.9 Å². The number of hydrogen-bond acceptors (Lipinski definition) is 4. The molecular formula is C19H28N4O. The molecule has 0 bridgehead atoms. The second kappa shape index (κ2) is 6.36. The van der Waals surface area contributed by atoms with E-state index in [9.17, 15) is 5.11 Å². The fourth-order valence-electron chi connectivity index (χ4n) is 4.68. The molecule has 3 heterocycles. The summed E-state index contributed by atoms with van der Waals surface area (Å²) >= 11 is 0. The zero-order valence-corrected chi connectivity index (χ0v) is 14.6. The molecule has 0 atom stereocenters. The number of aromatic nitrogens is 3. The van der Waals surface area contributed by atoms with Crippen LogP contribution in [-0.4, -0.2) is 38.7 Å². The van der Waals surface area contributed by atoms with E-state index in [0.29, 0.717) is 5.92 Å². The molecule has 24 heavy (non-hydrogen) atoms. The predicted octanol–water partition coefficient (Wildman–Crippen LogP) is 3.43. The average molecular weight is 328 g/mol. The molecule has 5 heteroatoms. The Morgan fingerprint density at radius 2 is 1.96 bits per heavy atom. The summed E-state index contributed by atoms with van der Waals surface area (Å²) in [6, 6.07) is 0. The minimum atomic E-state index is -0.463. The van der Waals surface area contributed by atoms with E-state index in [0.717, 1.165) is 49.2 Å². The number of rotatable bonds is 3. The van der Waals surface area contributed by atoms with Gasteiger partial charge in [0.15, 0.2) is 0 Å². The van der Waals surface area contributed by atoms with Crippen LogP contribution in [0.2, 0.25) is 0 Å². The standard InChI is InChI=1S/C19H28N4O/c1-2-14-12-20-17-16(14)18(22-13-21-17)23-10-8-19(24,9-11-23)15-6-4-3-5-7-15/h12-13,15,24H,2-11H2,1H3,(H,20,21,22). The van der Waals surface area contributed by atoms with Gasteiger partial charge in [-0.1, -0.05) is 26.2 Å². The minimum absolute atomic E-state index is 0.463. The Morgan fingerprint density at radius 1 is 1.21 bits per heavy atom. The van der Waals surface area contributed by atoms with Crippen molar-refractivity contribution in [1.82, 2.24) is 15.0 Å². The van der Waals surface area contributed by atoms with E-state index in [1.165, 1.54) is 37.7 Å². The van der Waals surface area contributed by atoms with Gasteiger partial charge in [-0.15, -0.1) is 0 Å². The topological polar surface area (TPSA) is 65.0 Å². The number of H-pyrrole nitrogens is 1. The minimum Gasteiger partial charge on any atom is -0.389 e. The molecule has 0 radical (unpaired) electrons. The van der Waals surface area contributed by atoms with Crippen LogP contribution in [0.15, 0.2) is 12.5 Å². The van der Waals surface area contributed by atoms with Crippen LogP contribution in [0, 0.1) is 5.92 Å². The van der Waals surface area contributed by atoms with Gasteiger partial charge in [0.05, 0.1) is 11.0 Å². The summed E-state index contributed by atoms with van der Waals surface area (Å²) in [6.07, 6.45) is 12.7. The molecule has 2 aromatic rings. The number of fused-ring (bicyclic) bond motifs is 1. The maximum Gasteiger partial charge on any atom is 0.143 e. The van der Waals surface area contributed by atoms with Gasteiger partial charge in [0, 0.05) is 19.3 Å². The summed E-state index contributed by atoms with van der Waals surface area (Å²) in [5.41, 5.74) is 1.73. The van der Waals surface area contributed by atoms with Crippen molar-refractivity contribution in [2.45, 2.75) is 63.9 Å². The third-order valence-corrected chi connectivity index (χ3v) is 6.21. The van der Waals surface area contributed by atoms with E-state index in [4.69, 9.17) is 0 Å². The van der Waals surface area contributed by atoms with Gasteiger partial charge >= 0.3 is 0 Å². The highest BCUT2D eigenvalue weighted by molar-refractivity contribution is 5.90. The molecule has 2 aliphatic rings. The molecule has 1 saturated carbocycles. The molecule has 5 nitrogen and oxygen atoms in total. The molecule has 4 rings (SSSR count). The highest BCUT2D eigenvalue weighted by Gasteiger charge is 2.40. The smallest absolute Gasteiger partial charge is 0.143 e. The van der Waals surface area contributed by atoms with Gasteiger partial charge in [0.1, 0.15) is 17.8 Å².